The highest BCUT2D eigenvalue weighted by Crippen LogP contribution is 2.28. The zero-order valence-electron chi connectivity index (χ0n) is 14.1. The van der Waals surface area contributed by atoms with E-state index < -0.39 is 15.6 Å². The first-order chi connectivity index (χ1) is 10.7. The lowest BCUT2D eigenvalue weighted by Crippen LogP contribution is -2.40. The Labute approximate surface area is 139 Å². The van der Waals surface area contributed by atoms with Gasteiger partial charge in [0.2, 0.25) is 10.0 Å². The fourth-order valence-electron chi connectivity index (χ4n) is 2.40. The molecule has 2 N–H and O–H groups in total. The average Bonchev–Trinajstić information content (AvgIpc) is 2.46. The summed E-state index contributed by atoms with van der Waals surface area (Å²) in [6.45, 7) is 6.28. The van der Waals surface area contributed by atoms with Crippen molar-refractivity contribution in [2.45, 2.75) is 37.8 Å². The number of nitrogens with one attached hydrogen (secondary N) is 2. The molecule has 124 valence electrons. The fourth-order valence-corrected chi connectivity index (χ4v) is 4.05. The van der Waals surface area contributed by atoms with Crippen LogP contribution in [0.3, 0.4) is 0 Å². The maximum absolute atomic E-state index is 12.7. The lowest BCUT2D eigenvalue weighted by Gasteiger charge is -2.21. The van der Waals surface area contributed by atoms with Crippen LogP contribution in [0.15, 0.2) is 53.4 Å². The summed E-state index contributed by atoms with van der Waals surface area (Å²) in [5.74, 6) is 0. The lowest BCUT2D eigenvalue weighted by atomic mass is 10.0. The molecule has 2 rings (SSSR count). The molecule has 5 heteroatoms. The Morgan fingerprint density at radius 2 is 1.57 bits per heavy atom. The van der Waals surface area contributed by atoms with Gasteiger partial charge in [-0.05, 0) is 45.0 Å². The molecule has 0 aromatic heterocycles. The molecule has 2 aromatic carbocycles. The third-order valence-corrected chi connectivity index (χ3v) is 5.08. The molecule has 0 amide bonds. The van der Waals surface area contributed by atoms with Crippen molar-refractivity contribution in [3.63, 3.8) is 0 Å². The molecule has 0 aliphatic rings. The predicted octanol–water partition coefficient (Wildman–Crippen LogP) is 3.15. The second-order valence-corrected chi connectivity index (χ2v) is 8.23. The predicted molar refractivity (Wildman–Crippen MR) is 94.7 cm³/mol. The molecular weight excluding hydrogens is 308 g/mol. The molecular formula is C18H24N2O2S. The van der Waals surface area contributed by atoms with Gasteiger partial charge in [-0.1, -0.05) is 42.5 Å². The van der Waals surface area contributed by atoms with Crippen LogP contribution in [-0.4, -0.2) is 21.0 Å². The summed E-state index contributed by atoms with van der Waals surface area (Å²) in [6.07, 6.45) is 0. The van der Waals surface area contributed by atoms with Crippen molar-refractivity contribution in [2.24, 2.45) is 0 Å². The number of rotatable bonds is 5. The second-order valence-electron chi connectivity index (χ2n) is 6.58. The van der Waals surface area contributed by atoms with Crippen LogP contribution in [0.4, 0.5) is 0 Å². The summed E-state index contributed by atoms with van der Waals surface area (Å²) in [7, 11) is -1.68. The van der Waals surface area contributed by atoms with E-state index in [1.54, 1.807) is 12.1 Å². The molecule has 0 unspecified atom stereocenters. The number of hydrogen-bond donors (Lipinski definition) is 2. The highest BCUT2D eigenvalue weighted by atomic mass is 32.2. The Balaban J connectivity index is 2.45. The van der Waals surface area contributed by atoms with E-state index in [1.165, 1.54) is 0 Å². The van der Waals surface area contributed by atoms with E-state index in [9.17, 15) is 8.42 Å². The number of sulfonamides is 1. The van der Waals surface area contributed by atoms with Gasteiger partial charge in [0.05, 0.1) is 4.90 Å². The van der Waals surface area contributed by atoms with Crippen LogP contribution in [-0.2, 0) is 16.6 Å². The van der Waals surface area contributed by atoms with E-state index in [-0.39, 0.29) is 0 Å². The topological polar surface area (TPSA) is 58.2 Å². The average molecular weight is 332 g/mol. The summed E-state index contributed by atoms with van der Waals surface area (Å²) < 4.78 is 28.1. The molecule has 0 aliphatic heterocycles. The van der Waals surface area contributed by atoms with Gasteiger partial charge in [0.25, 0.3) is 0 Å². The molecule has 0 radical (unpaired) electrons. The smallest absolute Gasteiger partial charge is 0.241 e. The minimum absolute atomic E-state index is 0.302. The molecule has 23 heavy (non-hydrogen) atoms. The first kappa shape index (κ1) is 17.7. The molecule has 2 aromatic rings. The van der Waals surface area contributed by atoms with Crippen molar-refractivity contribution in [3.05, 3.63) is 54.1 Å². The van der Waals surface area contributed by atoms with Crippen LogP contribution >= 0.6 is 0 Å². The summed E-state index contributed by atoms with van der Waals surface area (Å²) in [5.41, 5.74) is 2.23. The first-order valence-electron chi connectivity index (χ1n) is 7.60. The molecule has 0 fully saturated rings. The van der Waals surface area contributed by atoms with Gasteiger partial charge >= 0.3 is 0 Å². The minimum Gasteiger partial charge on any atom is -0.316 e. The van der Waals surface area contributed by atoms with Gasteiger partial charge in [-0.25, -0.2) is 13.1 Å². The largest absolute Gasteiger partial charge is 0.316 e. The molecule has 0 aliphatic carbocycles. The van der Waals surface area contributed by atoms with E-state index >= 15 is 0 Å². The van der Waals surface area contributed by atoms with Gasteiger partial charge in [-0.3, -0.25) is 0 Å². The van der Waals surface area contributed by atoms with Gasteiger partial charge in [-0.15, -0.1) is 0 Å². The van der Waals surface area contributed by atoms with Gasteiger partial charge in [0, 0.05) is 17.6 Å². The molecule has 0 atom stereocenters. The Bertz CT molecular complexity index is 760. The van der Waals surface area contributed by atoms with E-state index in [0.29, 0.717) is 10.5 Å². The summed E-state index contributed by atoms with van der Waals surface area (Å²) in [4.78, 5) is 0.302. The van der Waals surface area contributed by atoms with E-state index in [4.69, 9.17) is 0 Å². The van der Waals surface area contributed by atoms with Crippen LogP contribution in [0.25, 0.3) is 11.1 Å². The maximum atomic E-state index is 12.7. The molecule has 0 spiro atoms. The van der Waals surface area contributed by atoms with Crippen molar-refractivity contribution in [1.82, 2.24) is 10.0 Å². The van der Waals surface area contributed by atoms with Crippen LogP contribution in [0, 0.1) is 0 Å². The van der Waals surface area contributed by atoms with Crippen molar-refractivity contribution in [1.29, 1.82) is 0 Å². The monoisotopic (exact) mass is 332 g/mol. The van der Waals surface area contributed by atoms with Gasteiger partial charge < -0.3 is 5.32 Å². The SMILES string of the molecule is CNCc1ccc(-c2ccccc2S(=O)(=O)NC(C)(C)C)cc1. The van der Waals surface area contributed by atoms with Crippen molar-refractivity contribution in [2.75, 3.05) is 7.05 Å². The molecule has 4 nitrogen and oxygen atoms in total. The van der Waals surface area contributed by atoms with Crippen LogP contribution in [0.2, 0.25) is 0 Å². The normalized spacial score (nSPS) is 12.3. The summed E-state index contributed by atoms with van der Waals surface area (Å²) >= 11 is 0. The van der Waals surface area contributed by atoms with Gasteiger partial charge in [-0.2, -0.15) is 0 Å². The highest BCUT2D eigenvalue weighted by Gasteiger charge is 2.24. The highest BCUT2D eigenvalue weighted by molar-refractivity contribution is 7.89. The quantitative estimate of drug-likeness (QED) is 0.884. The third kappa shape index (κ3) is 4.64. The maximum Gasteiger partial charge on any atom is 0.241 e. The van der Waals surface area contributed by atoms with Crippen molar-refractivity contribution < 1.29 is 8.42 Å². The van der Waals surface area contributed by atoms with Gasteiger partial charge in [0.1, 0.15) is 0 Å². The number of benzene rings is 2. The van der Waals surface area contributed by atoms with Crippen LogP contribution in [0.5, 0.6) is 0 Å². The molecule has 0 bridgehead atoms. The summed E-state index contributed by atoms with van der Waals surface area (Å²) in [6, 6.07) is 15.0. The van der Waals surface area contributed by atoms with E-state index in [2.05, 4.69) is 10.0 Å². The Morgan fingerprint density at radius 1 is 0.957 bits per heavy atom. The summed E-state index contributed by atoms with van der Waals surface area (Å²) in [5, 5.41) is 3.10. The standard InChI is InChI=1S/C18H24N2O2S/c1-18(2,3)20-23(21,22)17-8-6-5-7-16(17)15-11-9-14(10-12-15)13-19-4/h5-12,19-20H,13H2,1-4H3. The third-order valence-electron chi connectivity index (χ3n) is 3.26. The van der Waals surface area contributed by atoms with Crippen LogP contribution < -0.4 is 10.0 Å². The van der Waals surface area contributed by atoms with E-state index in [1.807, 2.05) is 64.2 Å². The Hall–Kier alpha value is -1.69. The minimum atomic E-state index is -3.58. The molecule has 0 saturated carbocycles. The van der Waals surface area contributed by atoms with Gasteiger partial charge in [0.15, 0.2) is 0 Å². The van der Waals surface area contributed by atoms with E-state index in [0.717, 1.165) is 17.7 Å². The van der Waals surface area contributed by atoms with Crippen molar-refractivity contribution in [3.8, 4) is 11.1 Å². The molecule has 0 saturated heterocycles. The number of hydrogen-bond acceptors (Lipinski definition) is 3. The zero-order valence-corrected chi connectivity index (χ0v) is 14.9. The first-order valence-corrected chi connectivity index (χ1v) is 9.08. The zero-order chi connectivity index (χ0) is 17.1. The second kappa shape index (κ2) is 6.83. The van der Waals surface area contributed by atoms with Crippen molar-refractivity contribution >= 4 is 10.0 Å². The molecule has 0 heterocycles. The van der Waals surface area contributed by atoms with Crippen LogP contribution in [0.1, 0.15) is 26.3 Å². The Kier molecular flexibility index (Phi) is 5.24. The fraction of sp³-hybridized carbons (Fsp3) is 0.333. The Morgan fingerprint density at radius 3 is 2.13 bits per heavy atom. The lowest BCUT2D eigenvalue weighted by molar-refractivity contribution is 0.491.